The predicted molar refractivity (Wildman–Crippen MR) is 75.1 cm³/mol. The van der Waals surface area contributed by atoms with Gasteiger partial charge in [0.2, 0.25) is 0 Å². The maximum absolute atomic E-state index is 5.61. The lowest BCUT2D eigenvalue weighted by atomic mass is 10.1. The lowest BCUT2D eigenvalue weighted by Gasteiger charge is -2.13. The summed E-state index contributed by atoms with van der Waals surface area (Å²) in [7, 11) is 0. The summed E-state index contributed by atoms with van der Waals surface area (Å²) in [6, 6.07) is 8.61. The molecule has 3 nitrogen and oxygen atoms in total. The van der Waals surface area contributed by atoms with Gasteiger partial charge in [-0.2, -0.15) is 0 Å². The summed E-state index contributed by atoms with van der Waals surface area (Å²) in [5.74, 6) is 0.898. The van der Waals surface area contributed by atoms with Gasteiger partial charge in [0, 0.05) is 6.04 Å². The minimum atomic E-state index is 0.261. The van der Waals surface area contributed by atoms with Crippen molar-refractivity contribution in [3.8, 4) is 5.75 Å². The molecule has 18 heavy (non-hydrogen) atoms. The van der Waals surface area contributed by atoms with Crippen molar-refractivity contribution >= 4 is 0 Å². The van der Waals surface area contributed by atoms with Crippen LogP contribution in [0.4, 0.5) is 0 Å². The molecule has 0 bridgehead atoms. The molecule has 0 fully saturated rings. The Bertz CT molecular complexity index is 322. The molecule has 0 aromatic heterocycles. The highest BCUT2D eigenvalue weighted by Gasteiger charge is 2.03. The lowest BCUT2D eigenvalue weighted by molar-refractivity contribution is 0.0552. The first kappa shape index (κ1) is 15.0. The van der Waals surface area contributed by atoms with Gasteiger partial charge in [-0.3, -0.25) is 0 Å². The molecular weight excluding hydrogens is 226 g/mol. The van der Waals surface area contributed by atoms with E-state index in [-0.39, 0.29) is 6.10 Å². The standard InChI is InChI=1S/C15H25NO2/c1-5-16-13(4)14-6-8-15(9-7-14)18-11-10-17-12(2)3/h6-9,12-13,16H,5,10-11H2,1-4H3. The monoisotopic (exact) mass is 251 g/mol. The van der Waals surface area contributed by atoms with Crippen molar-refractivity contribution in [2.75, 3.05) is 19.8 Å². The first-order chi connectivity index (χ1) is 8.63. The van der Waals surface area contributed by atoms with E-state index in [0.717, 1.165) is 12.3 Å². The topological polar surface area (TPSA) is 30.5 Å². The fourth-order valence-corrected chi connectivity index (χ4v) is 1.72. The van der Waals surface area contributed by atoms with Gasteiger partial charge in [-0.05, 0) is 45.0 Å². The maximum Gasteiger partial charge on any atom is 0.119 e. The minimum Gasteiger partial charge on any atom is -0.491 e. The molecule has 0 spiro atoms. The van der Waals surface area contributed by atoms with Crippen LogP contribution in [-0.2, 0) is 4.74 Å². The van der Waals surface area contributed by atoms with E-state index in [1.165, 1.54) is 5.56 Å². The van der Waals surface area contributed by atoms with Crippen molar-refractivity contribution in [2.24, 2.45) is 0 Å². The summed E-state index contributed by atoms with van der Waals surface area (Å²) < 4.78 is 11.0. The first-order valence-corrected chi connectivity index (χ1v) is 6.71. The fourth-order valence-electron chi connectivity index (χ4n) is 1.72. The van der Waals surface area contributed by atoms with E-state index in [0.29, 0.717) is 19.3 Å². The highest BCUT2D eigenvalue weighted by Crippen LogP contribution is 2.17. The molecule has 1 unspecified atom stereocenters. The van der Waals surface area contributed by atoms with Crippen LogP contribution in [0.5, 0.6) is 5.75 Å². The summed E-state index contributed by atoms with van der Waals surface area (Å²) in [5, 5.41) is 3.39. The SMILES string of the molecule is CCNC(C)c1ccc(OCCOC(C)C)cc1. The van der Waals surface area contributed by atoms with Crippen LogP contribution in [0.2, 0.25) is 0 Å². The van der Waals surface area contributed by atoms with Crippen LogP contribution >= 0.6 is 0 Å². The Labute approximate surface area is 110 Å². The second-order valence-corrected chi connectivity index (χ2v) is 4.62. The van der Waals surface area contributed by atoms with Gasteiger partial charge < -0.3 is 14.8 Å². The average Bonchev–Trinajstić information content (AvgIpc) is 2.35. The van der Waals surface area contributed by atoms with Crippen molar-refractivity contribution in [1.82, 2.24) is 5.32 Å². The number of nitrogens with one attached hydrogen (secondary N) is 1. The lowest BCUT2D eigenvalue weighted by Crippen LogP contribution is -2.17. The molecule has 1 aromatic rings. The van der Waals surface area contributed by atoms with Crippen molar-refractivity contribution in [3.05, 3.63) is 29.8 Å². The molecule has 1 atom stereocenters. The highest BCUT2D eigenvalue weighted by atomic mass is 16.5. The Morgan fingerprint density at radius 1 is 1.06 bits per heavy atom. The van der Waals surface area contributed by atoms with Gasteiger partial charge in [-0.1, -0.05) is 19.1 Å². The number of hydrogen-bond acceptors (Lipinski definition) is 3. The fraction of sp³-hybridized carbons (Fsp3) is 0.600. The van der Waals surface area contributed by atoms with Crippen LogP contribution < -0.4 is 10.1 Å². The summed E-state index contributed by atoms with van der Waals surface area (Å²) in [5.41, 5.74) is 1.28. The van der Waals surface area contributed by atoms with E-state index in [4.69, 9.17) is 9.47 Å². The molecule has 0 aliphatic rings. The molecule has 3 heteroatoms. The average molecular weight is 251 g/mol. The molecule has 1 N–H and O–H groups in total. The summed E-state index contributed by atoms with van der Waals surface area (Å²) in [4.78, 5) is 0. The third-order valence-corrected chi connectivity index (χ3v) is 2.69. The molecule has 0 aliphatic heterocycles. The van der Waals surface area contributed by atoms with Crippen LogP contribution in [0, 0.1) is 0 Å². The normalized spacial score (nSPS) is 12.7. The van der Waals surface area contributed by atoms with Gasteiger partial charge in [0.15, 0.2) is 0 Å². The minimum absolute atomic E-state index is 0.261. The number of ether oxygens (including phenoxy) is 2. The Balaban J connectivity index is 2.36. The number of hydrogen-bond donors (Lipinski definition) is 1. The van der Waals surface area contributed by atoms with Crippen molar-refractivity contribution in [2.45, 2.75) is 39.8 Å². The van der Waals surface area contributed by atoms with E-state index < -0.39 is 0 Å². The number of rotatable bonds is 8. The van der Waals surface area contributed by atoms with Crippen LogP contribution in [0.1, 0.15) is 39.3 Å². The Hall–Kier alpha value is -1.06. The van der Waals surface area contributed by atoms with Gasteiger partial charge in [-0.15, -0.1) is 0 Å². The zero-order chi connectivity index (χ0) is 13.4. The van der Waals surface area contributed by atoms with Gasteiger partial charge in [0.25, 0.3) is 0 Å². The quantitative estimate of drug-likeness (QED) is 0.720. The van der Waals surface area contributed by atoms with E-state index in [2.05, 4.69) is 31.3 Å². The highest BCUT2D eigenvalue weighted by molar-refractivity contribution is 5.28. The van der Waals surface area contributed by atoms with E-state index in [9.17, 15) is 0 Å². The maximum atomic E-state index is 5.61. The zero-order valence-corrected chi connectivity index (χ0v) is 11.9. The van der Waals surface area contributed by atoms with Gasteiger partial charge in [0.05, 0.1) is 12.7 Å². The smallest absolute Gasteiger partial charge is 0.119 e. The number of benzene rings is 1. The summed E-state index contributed by atoms with van der Waals surface area (Å²) in [6.45, 7) is 10.5. The largest absolute Gasteiger partial charge is 0.491 e. The second-order valence-electron chi connectivity index (χ2n) is 4.62. The van der Waals surface area contributed by atoms with E-state index >= 15 is 0 Å². The first-order valence-electron chi connectivity index (χ1n) is 6.71. The van der Waals surface area contributed by atoms with Crippen molar-refractivity contribution in [3.63, 3.8) is 0 Å². The molecule has 0 saturated carbocycles. The molecule has 0 heterocycles. The molecule has 0 aliphatic carbocycles. The predicted octanol–water partition coefficient (Wildman–Crippen LogP) is 3.16. The van der Waals surface area contributed by atoms with Crippen LogP contribution in [0.15, 0.2) is 24.3 Å². The van der Waals surface area contributed by atoms with Gasteiger partial charge in [0.1, 0.15) is 12.4 Å². The van der Waals surface area contributed by atoms with Crippen molar-refractivity contribution in [1.29, 1.82) is 0 Å². The van der Waals surface area contributed by atoms with Gasteiger partial charge >= 0.3 is 0 Å². The Morgan fingerprint density at radius 2 is 1.72 bits per heavy atom. The van der Waals surface area contributed by atoms with Crippen LogP contribution in [0.25, 0.3) is 0 Å². The molecule has 0 radical (unpaired) electrons. The third kappa shape index (κ3) is 5.52. The Kier molecular flexibility index (Phi) is 6.76. The van der Waals surface area contributed by atoms with Crippen LogP contribution in [0.3, 0.4) is 0 Å². The second kappa shape index (κ2) is 8.11. The molecule has 1 rings (SSSR count). The zero-order valence-electron chi connectivity index (χ0n) is 11.9. The summed E-state index contributed by atoms with van der Waals surface area (Å²) >= 11 is 0. The molecule has 102 valence electrons. The molecular formula is C15H25NO2. The summed E-state index contributed by atoms with van der Waals surface area (Å²) in [6.07, 6.45) is 0.261. The molecule has 0 saturated heterocycles. The third-order valence-electron chi connectivity index (χ3n) is 2.69. The van der Waals surface area contributed by atoms with Gasteiger partial charge in [-0.25, -0.2) is 0 Å². The van der Waals surface area contributed by atoms with E-state index in [1.54, 1.807) is 0 Å². The molecule has 1 aromatic carbocycles. The van der Waals surface area contributed by atoms with Crippen LogP contribution in [-0.4, -0.2) is 25.9 Å². The molecule has 0 amide bonds. The van der Waals surface area contributed by atoms with Crippen molar-refractivity contribution < 1.29 is 9.47 Å². The van der Waals surface area contributed by atoms with E-state index in [1.807, 2.05) is 26.0 Å². The Morgan fingerprint density at radius 3 is 2.28 bits per heavy atom.